The first-order chi connectivity index (χ1) is 17.9. The molecule has 1 amide bonds. The molecule has 0 saturated carbocycles. The Morgan fingerprint density at radius 2 is 2.14 bits per heavy atom. The SMILES string of the molecule is C/C=C/C(=O)Nc1cc(F)c(N2CCC[C@@H](Nc3ncc(Cl)c(-c4c[nH]c5ccccc45)n3)C2)cc1C. The molecule has 37 heavy (non-hydrogen) atoms. The van der Waals surface area contributed by atoms with Gasteiger partial charge in [-0.15, -0.1) is 0 Å². The Balaban J connectivity index is 1.34. The van der Waals surface area contributed by atoms with Crippen molar-refractivity contribution >= 4 is 45.7 Å². The average molecular weight is 519 g/mol. The molecule has 1 saturated heterocycles. The summed E-state index contributed by atoms with van der Waals surface area (Å²) in [6, 6.07) is 11.2. The third kappa shape index (κ3) is 5.29. The minimum absolute atomic E-state index is 0.0273. The first-order valence-electron chi connectivity index (χ1n) is 12.3. The first kappa shape index (κ1) is 24.8. The standard InChI is InChI=1S/C28H28ClFN6O/c1-3-7-26(37)34-24-13-22(30)25(12-17(24)2)36-11-6-8-18(16-36)33-28-32-15-21(29)27(35-28)20-14-31-23-10-5-4-9-19(20)23/h3-5,7,9-10,12-15,18,31H,6,8,11,16H2,1-2H3,(H,34,37)(H,32,33,35)/b7-3+/t18-/m1/s1. The highest BCUT2D eigenvalue weighted by molar-refractivity contribution is 6.33. The summed E-state index contributed by atoms with van der Waals surface area (Å²) in [5, 5.41) is 7.66. The largest absolute Gasteiger partial charge is 0.367 e. The fourth-order valence-electron chi connectivity index (χ4n) is 4.76. The van der Waals surface area contributed by atoms with Gasteiger partial charge in [-0.25, -0.2) is 14.4 Å². The molecule has 7 nitrogen and oxygen atoms in total. The molecule has 0 unspecified atom stereocenters. The maximum Gasteiger partial charge on any atom is 0.248 e. The Bertz CT molecular complexity index is 1480. The van der Waals surface area contributed by atoms with Crippen LogP contribution in [0.25, 0.3) is 22.2 Å². The lowest BCUT2D eigenvalue weighted by Crippen LogP contribution is -2.42. The summed E-state index contributed by atoms with van der Waals surface area (Å²) < 4.78 is 15.1. The second kappa shape index (κ2) is 10.6. The van der Waals surface area contributed by atoms with E-state index in [-0.39, 0.29) is 17.8 Å². The van der Waals surface area contributed by atoms with Gasteiger partial charge in [0.05, 0.1) is 22.6 Å². The lowest BCUT2D eigenvalue weighted by molar-refractivity contribution is -0.111. The number of nitrogens with zero attached hydrogens (tertiary/aromatic N) is 3. The molecule has 3 heterocycles. The highest BCUT2D eigenvalue weighted by atomic mass is 35.5. The second-order valence-electron chi connectivity index (χ2n) is 9.18. The summed E-state index contributed by atoms with van der Waals surface area (Å²) in [5.74, 6) is -0.170. The van der Waals surface area contributed by atoms with Crippen LogP contribution in [0.4, 0.5) is 21.7 Å². The van der Waals surface area contributed by atoms with Gasteiger partial charge in [0.2, 0.25) is 11.9 Å². The van der Waals surface area contributed by atoms with Gasteiger partial charge in [-0.3, -0.25) is 4.79 Å². The molecule has 0 aliphatic carbocycles. The number of carbonyl (C=O) groups is 1. The average Bonchev–Trinajstić information content (AvgIpc) is 3.31. The molecule has 4 aromatic rings. The number of carbonyl (C=O) groups excluding carboxylic acids is 1. The number of amides is 1. The quantitative estimate of drug-likeness (QED) is 0.260. The number of allylic oxidation sites excluding steroid dienone is 1. The molecule has 1 fully saturated rings. The molecule has 5 rings (SSSR count). The fraction of sp³-hybridized carbons (Fsp3) is 0.250. The molecule has 2 aromatic carbocycles. The second-order valence-corrected chi connectivity index (χ2v) is 9.58. The monoisotopic (exact) mass is 518 g/mol. The Labute approximate surface area is 219 Å². The minimum atomic E-state index is -0.369. The Hall–Kier alpha value is -3.91. The predicted molar refractivity (Wildman–Crippen MR) is 148 cm³/mol. The molecule has 1 aliphatic heterocycles. The summed E-state index contributed by atoms with van der Waals surface area (Å²) in [6.45, 7) is 4.95. The van der Waals surface area contributed by atoms with E-state index >= 15 is 4.39 Å². The number of halogens is 2. The number of para-hydroxylation sites is 1. The number of H-pyrrole nitrogens is 1. The van der Waals surface area contributed by atoms with Crippen LogP contribution < -0.4 is 15.5 Å². The molecule has 0 radical (unpaired) electrons. The van der Waals surface area contributed by atoms with Crippen molar-refractivity contribution in [1.82, 2.24) is 15.0 Å². The van der Waals surface area contributed by atoms with Crippen LogP contribution in [-0.2, 0) is 4.79 Å². The van der Waals surface area contributed by atoms with Gasteiger partial charge in [-0.2, -0.15) is 0 Å². The van der Waals surface area contributed by atoms with Crippen LogP contribution in [0.15, 0.2) is 60.9 Å². The molecular formula is C28H28ClFN6O. The van der Waals surface area contributed by atoms with E-state index in [2.05, 4.69) is 20.6 Å². The van der Waals surface area contributed by atoms with Crippen molar-refractivity contribution in [2.45, 2.75) is 32.7 Å². The summed E-state index contributed by atoms with van der Waals surface area (Å²) >= 11 is 6.48. The van der Waals surface area contributed by atoms with Crippen LogP contribution in [0.1, 0.15) is 25.3 Å². The first-order valence-corrected chi connectivity index (χ1v) is 12.6. The summed E-state index contributed by atoms with van der Waals surface area (Å²) in [5.41, 5.74) is 4.36. The Morgan fingerprint density at radius 1 is 1.30 bits per heavy atom. The smallest absolute Gasteiger partial charge is 0.248 e. The highest BCUT2D eigenvalue weighted by Gasteiger charge is 2.24. The predicted octanol–water partition coefficient (Wildman–Crippen LogP) is 6.32. The minimum Gasteiger partial charge on any atom is -0.367 e. The lowest BCUT2D eigenvalue weighted by Gasteiger charge is -2.35. The van der Waals surface area contributed by atoms with Crippen LogP contribution in [-0.4, -0.2) is 40.0 Å². The zero-order chi connectivity index (χ0) is 25.9. The Morgan fingerprint density at radius 3 is 2.97 bits per heavy atom. The molecule has 9 heteroatoms. The molecular weight excluding hydrogens is 491 g/mol. The zero-order valence-corrected chi connectivity index (χ0v) is 21.4. The van der Waals surface area contributed by atoms with E-state index in [0.29, 0.717) is 34.6 Å². The van der Waals surface area contributed by atoms with E-state index in [9.17, 15) is 4.79 Å². The zero-order valence-electron chi connectivity index (χ0n) is 20.7. The van der Waals surface area contributed by atoms with E-state index in [1.807, 2.05) is 42.3 Å². The Kier molecular flexibility index (Phi) is 7.10. The molecule has 3 N–H and O–H groups in total. The number of aromatic nitrogens is 3. The van der Waals surface area contributed by atoms with Crippen LogP contribution >= 0.6 is 11.6 Å². The summed E-state index contributed by atoms with van der Waals surface area (Å²) in [7, 11) is 0. The van der Waals surface area contributed by atoms with Crippen LogP contribution in [0.2, 0.25) is 5.02 Å². The van der Waals surface area contributed by atoms with Crippen LogP contribution in [0.3, 0.4) is 0 Å². The van der Waals surface area contributed by atoms with Gasteiger partial charge in [0.25, 0.3) is 0 Å². The summed E-state index contributed by atoms with van der Waals surface area (Å²) in [6.07, 6.45) is 8.36. The van der Waals surface area contributed by atoms with Gasteiger partial charge in [0.1, 0.15) is 5.82 Å². The topological polar surface area (TPSA) is 85.9 Å². The molecule has 0 spiro atoms. The van der Waals surface area contributed by atoms with E-state index in [1.54, 1.807) is 25.3 Å². The number of benzene rings is 2. The molecule has 190 valence electrons. The lowest BCUT2D eigenvalue weighted by atomic mass is 10.0. The van der Waals surface area contributed by atoms with Gasteiger partial charge in [0, 0.05) is 47.5 Å². The number of aromatic amines is 1. The fourth-order valence-corrected chi connectivity index (χ4v) is 4.95. The van der Waals surface area contributed by atoms with E-state index < -0.39 is 0 Å². The van der Waals surface area contributed by atoms with Gasteiger partial charge in [-0.1, -0.05) is 35.9 Å². The van der Waals surface area contributed by atoms with Gasteiger partial charge in [0.15, 0.2) is 0 Å². The van der Waals surface area contributed by atoms with E-state index in [0.717, 1.165) is 41.4 Å². The number of aryl methyl sites for hydroxylation is 1. The number of nitrogens with one attached hydrogen (secondary N) is 3. The van der Waals surface area contributed by atoms with Crippen molar-refractivity contribution in [3.8, 4) is 11.3 Å². The molecule has 1 atom stereocenters. The van der Waals surface area contributed by atoms with Gasteiger partial charge >= 0.3 is 0 Å². The van der Waals surface area contributed by atoms with Crippen LogP contribution in [0.5, 0.6) is 0 Å². The van der Waals surface area contributed by atoms with Crippen molar-refractivity contribution in [1.29, 1.82) is 0 Å². The maximum atomic E-state index is 15.1. The van der Waals surface area contributed by atoms with E-state index in [4.69, 9.17) is 16.6 Å². The van der Waals surface area contributed by atoms with Crippen LogP contribution in [0, 0.1) is 12.7 Å². The highest BCUT2D eigenvalue weighted by Crippen LogP contribution is 2.33. The normalized spacial score (nSPS) is 15.9. The van der Waals surface area contributed by atoms with Crippen molar-refractivity contribution in [2.24, 2.45) is 0 Å². The number of fused-ring (bicyclic) bond motifs is 1. The molecule has 0 bridgehead atoms. The number of rotatable bonds is 6. The van der Waals surface area contributed by atoms with Gasteiger partial charge < -0.3 is 20.5 Å². The molecule has 2 aromatic heterocycles. The summed E-state index contributed by atoms with van der Waals surface area (Å²) in [4.78, 5) is 26.3. The van der Waals surface area contributed by atoms with E-state index in [1.165, 1.54) is 12.1 Å². The number of hydrogen-bond donors (Lipinski definition) is 3. The maximum absolute atomic E-state index is 15.1. The van der Waals surface area contributed by atoms with Crippen molar-refractivity contribution in [3.05, 3.63) is 77.3 Å². The number of anilines is 3. The third-order valence-corrected chi connectivity index (χ3v) is 6.83. The van der Waals surface area contributed by atoms with Crippen molar-refractivity contribution < 1.29 is 9.18 Å². The number of piperidine rings is 1. The number of hydrogen-bond acceptors (Lipinski definition) is 5. The molecule has 1 aliphatic rings. The third-order valence-electron chi connectivity index (χ3n) is 6.55. The van der Waals surface area contributed by atoms with Crippen molar-refractivity contribution in [2.75, 3.05) is 28.6 Å². The van der Waals surface area contributed by atoms with Gasteiger partial charge in [-0.05, 0) is 56.5 Å². The van der Waals surface area contributed by atoms with Crippen molar-refractivity contribution in [3.63, 3.8) is 0 Å².